The van der Waals surface area contributed by atoms with Gasteiger partial charge in [0.15, 0.2) is 0 Å². The molecule has 0 aliphatic rings. The minimum absolute atomic E-state index is 0.0159. The Balaban J connectivity index is 2.36. The lowest BCUT2D eigenvalue weighted by Gasteiger charge is -2.09. The van der Waals surface area contributed by atoms with E-state index in [0.717, 1.165) is 4.47 Å². The number of nitrogens with one attached hydrogen (secondary N) is 1. The fourth-order valence-corrected chi connectivity index (χ4v) is 3.40. The fraction of sp³-hybridized carbons (Fsp3) is 0. The molecule has 0 spiro atoms. The van der Waals surface area contributed by atoms with Gasteiger partial charge in [0.25, 0.3) is 10.0 Å². The molecule has 0 saturated carbocycles. The van der Waals surface area contributed by atoms with E-state index in [1.165, 1.54) is 30.3 Å². The first-order valence-corrected chi connectivity index (χ1v) is 8.67. The molecule has 110 valence electrons. The Bertz CT molecular complexity index is 788. The highest BCUT2D eigenvalue weighted by Gasteiger charge is 2.15. The molecular formula is C13H9Br2NO4S. The van der Waals surface area contributed by atoms with Crippen molar-refractivity contribution in [2.75, 3.05) is 4.72 Å². The van der Waals surface area contributed by atoms with Crippen molar-refractivity contribution < 1.29 is 18.3 Å². The van der Waals surface area contributed by atoms with Crippen LogP contribution in [-0.4, -0.2) is 19.5 Å². The van der Waals surface area contributed by atoms with Gasteiger partial charge in [-0.3, -0.25) is 4.72 Å². The number of carboxylic acids is 1. The van der Waals surface area contributed by atoms with Crippen LogP contribution in [0.5, 0.6) is 0 Å². The molecule has 0 unspecified atom stereocenters. The predicted molar refractivity (Wildman–Crippen MR) is 86.1 cm³/mol. The van der Waals surface area contributed by atoms with E-state index in [1.807, 2.05) is 0 Å². The molecule has 0 bridgehead atoms. The van der Waals surface area contributed by atoms with Gasteiger partial charge >= 0.3 is 5.97 Å². The van der Waals surface area contributed by atoms with E-state index in [4.69, 9.17) is 5.11 Å². The summed E-state index contributed by atoms with van der Waals surface area (Å²) in [5.74, 6) is -1.14. The average molecular weight is 435 g/mol. The summed E-state index contributed by atoms with van der Waals surface area (Å²) in [6.07, 6.45) is 0. The number of carbonyl (C=O) groups is 1. The van der Waals surface area contributed by atoms with Crippen LogP contribution >= 0.6 is 31.9 Å². The molecule has 21 heavy (non-hydrogen) atoms. The maximum absolute atomic E-state index is 12.2. The van der Waals surface area contributed by atoms with E-state index >= 15 is 0 Å². The molecule has 0 atom stereocenters. The average Bonchev–Trinajstić information content (AvgIpc) is 2.37. The summed E-state index contributed by atoms with van der Waals surface area (Å²) in [6, 6.07) is 10.2. The Kier molecular flexibility index (Phi) is 4.70. The van der Waals surface area contributed by atoms with Crippen LogP contribution in [0.1, 0.15) is 10.4 Å². The number of halogens is 2. The third-order valence-corrected chi connectivity index (χ3v) is 4.90. The number of aromatic carboxylic acids is 1. The first-order chi connectivity index (χ1) is 9.78. The molecule has 0 aromatic heterocycles. The lowest BCUT2D eigenvalue weighted by atomic mass is 10.2. The SMILES string of the molecule is O=C(O)c1cc(Br)cc(NS(=O)(=O)c2ccc(Br)cc2)c1. The van der Waals surface area contributed by atoms with Gasteiger partial charge in [-0.2, -0.15) is 0 Å². The van der Waals surface area contributed by atoms with Crippen LogP contribution in [0.15, 0.2) is 56.3 Å². The van der Waals surface area contributed by atoms with Crippen molar-refractivity contribution in [1.29, 1.82) is 0 Å². The second kappa shape index (κ2) is 6.17. The van der Waals surface area contributed by atoms with E-state index in [1.54, 1.807) is 12.1 Å². The van der Waals surface area contributed by atoms with Gasteiger partial charge in [-0.1, -0.05) is 31.9 Å². The summed E-state index contributed by atoms with van der Waals surface area (Å²) in [5, 5.41) is 8.98. The number of rotatable bonds is 4. The zero-order valence-corrected chi connectivity index (χ0v) is 14.4. The molecule has 5 nitrogen and oxygen atoms in total. The number of anilines is 1. The smallest absolute Gasteiger partial charge is 0.335 e. The molecule has 8 heteroatoms. The summed E-state index contributed by atoms with van der Waals surface area (Å²) in [5.41, 5.74) is 0.155. The maximum atomic E-state index is 12.2. The van der Waals surface area contributed by atoms with Crippen LogP contribution in [-0.2, 0) is 10.0 Å². The highest BCUT2D eigenvalue weighted by Crippen LogP contribution is 2.23. The third kappa shape index (κ3) is 4.05. The second-order valence-corrected chi connectivity index (χ2v) is 7.61. The van der Waals surface area contributed by atoms with Crippen LogP contribution in [0.4, 0.5) is 5.69 Å². The number of benzene rings is 2. The van der Waals surface area contributed by atoms with Crippen LogP contribution in [0.2, 0.25) is 0 Å². The molecule has 0 amide bonds. The lowest BCUT2D eigenvalue weighted by Crippen LogP contribution is -2.13. The molecule has 2 aromatic carbocycles. The molecule has 0 saturated heterocycles. The van der Waals surface area contributed by atoms with E-state index in [9.17, 15) is 13.2 Å². The Morgan fingerprint density at radius 3 is 2.19 bits per heavy atom. The van der Waals surface area contributed by atoms with Crippen LogP contribution < -0.4 is 4.72 Å². The van der Waals surface area contributed by atoms with Gasteiger partial charge in [0.2, 0.25) is 0 Å². The number of sulfonamides is 1. The minimum Gasteiger partial charge on any atom is -0.478 e. The van der Waals surface area contributed by atoms with Gasteiger partial charge in [0.1, 0.15) is 0 Å². The molecule has 2 rings (SSSR count). The van der Waals surface area contributed by atoms with Crippen LogP contribution in [0.3, 0.4) is 0 Å². The normalized spacial score (nSPS) is 11.1. The standard InChI is InChI=1S/C13H9Br2NO4S/c14-9-1-3-12(4-2-9)21(19,20)16-11-6-8(13(17)18)5-10(15)7-11/h1-7,16H,(H,17,18). The van der Waals surface area contributed by atoms with Crippen molar-refractivity contribution in [3.8, 4) is 0 Å². The van der Waals surface area contributed by atoms with Crippen LogP contribution in [0.25, 0.3) is 0 Å². The van der Waals surface area contributed by atoms with Gasteiger partial charge in [-0.05, 0) is 42.5 Å². The first-order valence-electron chi connectivity index (χ1n) is 5.60. The zero-order chi connectivity index (χ0) is 15.6. The monoisotopic (exact) mass is 433 g/mol. The minimum atomic E-state index is -3.77. The van der Waals surface area contributed by atoms with Gasteiger partial charge in [-0.25, -0.2) is 13.2 Å². The van der Waals surface area contributed by atoms with E-state index < -0.39 is 16.0 Å². The fourth-order valence-electron chi connectivity index (χ4n) is 1.60. The van der Waals surface area contributed by atoms with Crippen molar-refractivity contribution >= 4 is 53.5 Å². The quantitative estimate of drug-likeness (QED) is 0.768. The predicted octanol–water partition coefficient (Wildman–Crippen LogP) is 3.71. The first kappa shape index (κ1) is 16.0. The molecule has 0 radical (unpaired) electrons. The summed E-state index contributed by atoms with van der Waals surface area (Å²) in [4.78, 5) is 11.1. The van der Waals surface area contributed by atoms with E-state index in [0.29, 0.717) is 4.47 Å². The van der Waals surface area contributed by atoms with Crippen LogP contribution in [0, 0.1) is 0 Å². The van der Waals surface area contributed by atoms with Gasteiger partial charge in [0, 0.05) is 8.95 Å². The van der Waals surface area contributed by atoms with Gasteiger partial charge in [-0.15, -0.1) is 0 Å². The third-order valence-electron chi connectivity index (χ3n) is 2.52. The molecule has 0 aliphatic carbocycles. The summed E-state index contributed by atoms with van der Waals surface area (Å²) in [7, 11) is -3.77. The van der Waals surface area contributed by atoms with Gasteiger partial charge in [0.05, 0.1) is 16.1 Å². The highest BCUT2D eigenvalue weighted by atomic mass is 79.9. The Morgan fingerprint density at radius 1 is 1.00 bits per heavy atom. The second-order valence-electron chi connectivity index (χ2n) is 4.09. The van der Waals surface area contributed by atoms with E-state index in [2.05, 4.69) is 36.6 Å². The van der Waals surface area contributed by atoms with Crippen molar-refractivity contribution in [3.63, 3.8) is 0 Å². The lowest BCUT2D eigenvalue weighted by molar-refractivity contribution is 0.0697. The maximum Gasteiger partial charge on any atom is 0.335 e. The number of carboxylic acid groups (broad SMARTS) is 1. The van der Waals surface area contributed by atoms with Gasteiger partial charge < -0.3 is 5.11 Å². The van der Waals surface area contributed by atoms with Crippen molar-refractivity contribution in [2.24, 2.45) is 0 Å². The van der Waals surface area contributed by atoms with E-state index in [-0.39, 0.29) is 16.1 Å². The largest absolute Gasteiger partial charge is 0.478 e. The molecule has 2 N–H and O–H groups in total. The number of hydrogen-bond acceptors (Lipinski definition) is 3. The topological polar surface area (TPSA) is 83.5 Å². The van der Waals surface area contributed by atoms with Crippen molar-refractivity contribution in [3.05, 3.63) is 57.0 Å². The molecular weight excluding hydrogens is 426 g/mol. The number of hydrogen-bond donors (Lipinski definition) is 2. The summed E-state index contributed by atoms with van der Waals surface area (Å²) >= 11 is 6.38. The summed E-state index contributed by atoms with van der Waals surface area (Å²) in [6.45, 7) is 0. The Morgan fingerprint density at radius 2 is 1.62 bits per heavy atom. The molecule has 2 aromatic rings. The molecule has 0 fully saturated rings. The summed E-state index contributed by atoms with van der Waals surface area (Å²) < 4.78 is 28.0. The highest BCUT2D eigenvalue weighted by molar-refractivity contribution is 9.10. The van der Waals surface area contributed by atoms with Crippen molar-refractivity contribution in [1.82, 2.24) is 0 Å². The Labute approximate surface area is 138 Å². The zero-order valence-electron chi connectivity index (χ0n) is 10.4. The molecule has 0 heterocycles. The van der Waals surface area contributed by atoms with Crippen molar-refractivity contribution in [2.45, 2.75) is 4.90 Å². The molecule has 0 aliphatic heterocycles. The Hall–Kier alpha value is -1.38.